The first-order valence-electron chi connectivity index (χ1n) is 1.17. The van der Waals surface area contributed by atoms with Crippen molar-refractivity contribution >= 4 is 0 Å². The van der Waals surface area contributed by atoms with Gasteiger partial charge in [0.25, 0.3) is 0 Å². The van der Waals surface area contributed by atoms with Crippen LogP contribution >= 0.6 is 0 Å². The Labute approximate surface area is 46.6 Å². The summed E-state index contributed by atoms with van der Waals surface area (Å²) in [5, 5.41) is 7.69. The van der Waals surface area contributed by atoms with Crippen LogP contribution in [0.4, 0.5) is 0 Å². The second-order valence-electron chi connectivity index (χ2n) is 0.482. The molecule has 0 aromatic rings. The average Bonchev–Trinajstić information content (AvgIpc) is 1.37. The molecule has 1 nitrogen and oxygen atoms in total. The van der Waals surface area contributed by atoms with Gasteiger partial charge >= 0.3 is 0 Å². The summed E-state index contributed by atoms with van der Waals surface area (Å²) in [6.07, 6.45) is 2.56. The van der Waals surface area contributed by atoms with E-state index in [2.05, 4.69) is 0 Å². The van der Waals surface area contributed by atoms with Crippen molar-refractivity contribution in [2.24, 2.45) is 0 Å². The molecule has 0 amide bonds. The van der Waals surface area contributed by atoms with E-state index in [9.17, 15) is 0 Å². The summed E-state index contributed by atoms with van der Waals surface area (Å²) in [4.78, 5) is 0. The minimum Gasteiger partial charge on any atom is -0.516 e. The molecule has 0 unspecified atom stereocenters. The molecule has 0 aliphatic rings. The second-order valence-corrected chi connectivity index (χ2v) is 0.482. The number of rotatable bonds is 0. The van der Waals surface area contributed by atoms with E-state index in [-0.39, 0.29) is 21.7 Å². The molecule has 0 aliphatic heterocycles. The van der Waals surface area contributed by atoms with Crippen LogP contribution in [0.3, 0.4) is 0 Å². The maximum Gasteiger partial charge on any atom is 0.0748 e. The Morgan fingerprint density at radius 2 is 1.80 bits per heavy atom. The van der Waals surface area contributed by atoms with E-state index in [0.29, 0.717) is 0 Å². The van der Waals surface area contributed by atoms with Gasteiger partial charge in [-0.25, -0.2) is 0 Å². The van der Waals surface area contributed by atoms with E-state index in [0.717, 1.165) is 6.26 Å². The fourth-order valence-electron chi connectivity index (χ4n) is 0. The van der Waals surface area contributed by atoms with Crippen LogP contribution in [0.1, 0.15) is 6.92 Å². The van der Waals surface area contributed by atoms with Crippen LogP contribution in [0.5, 0.6) is 0 Å². The molecule has 0 aromatic heterocycles. The molecule has 0 radical (unpaired) electrons. The Morgan fingerprint density at radius 3 is 1.80 bits per heavy atom. The minimum atomic E-state index is 0. The molecule has 2 heteroatoms. The zero-order valence-corrected chi connectivity index (χ0v) is 4.66. The predicted molar refractivity (Wildman–Crippen MR) is 17.4 cm³/mol. The third-order valence-electron chi connectivity index (χ3n) is 0.149. The van der Waals surface area contributed by atoms with Gasteiger partial charge in [0, 0.05) is 21.7 Å². The van der Waals surface area contributed by atoms with Crippen LogP contribution in [-0.4, -0.2) is 5.11 Å². The van der Waals surface area contributed by atoms with Crippen LogP contribution in [0, 0.1) is 0 Å². The normalized spacial score (nSPS) is 7.40. The molecule has 0 heterocycles. The third kappa shape index (κ3) is 13.7. The smallest absolute Gasteiger partial charge is 0.0748 e. The van der Waals surface area contributed by atoms with Crippen LogP contribution in [0.15, 0.2) is 12.3 Å². The predicted octanol–water partition coefficient (Wildman–Crippen LogP) is 1.08. The summed E-state index contributed by atoms with van der Waals surface area (Å²) < 4.78 is 0. The summed E-state index contributed by atoms with van der Waals surface area (Å²) in [7, 11) is 0. The van der Waals surface area contributed by atoms with Gasteiger partial charge in [-0.1, -0.05) is 6.08 Å². The number of aliphatic hydroxyl groups is 1. The zero-order valence-electron chi connectivity index (χ0n) is 3.10. The Kier molecular flexibility index (Phi) is 15.9. The van der Waals surface area contributed by atoms with Crippen molar-refractivity contribution < 1.29 is 26.8 Å². The van der Waals surface area contributed by atoms with E-state index in [1.54, 1.807) is 13.0 Å². The number of aliphatic hydroxyl groups excluding tert-OH is 1. The van der Waals surface area contributed by atoms with Crippen molar-refractivity contribution in [1.29, 1.82) is 0 Å². The van der Waals surface area contributed by atoms with E-state index >= 15 is 0 Å². The van der Waals surface area contributed by atoms with E-state index in [4.69, 9.17) is 5.11 Å². The third-order valence-corrected chi connectivity index (χ3v) is 0.149. The van der Waals surface area contributed by atoms with Gasteiger partial charge in [-0.15, -0.1) is 0 Å². The summed E-state index contributed by atoms with van der Waals surface area (Å²) >= 11 is 0. The molecule has 0 saturated heterocycles. The van der Waals surface area contributed by atoms with Crippen LogP contribution < -0.4 is 0 Å². The molecule has 0 saturated carbocycles. The molecule has 0 fully saturated rings. The fraction of sp³-hybridized carbons (Fsp3) is 0.333. The Balaban J connectivity index is 0. The van der Waals surface area contributed by atoms with Gasteiger partial charge < -0.3 is 5.11 Å². The molecule has 0 atom stereocenters. The summed E-state index contributed by atoms with van der Waals surface area (Å²) in [5.41, 5.74) is 0. The van der Waals surface area contributed by atoms with E-state index in [1.807, 2.05) is 0 Å². The monoisotopic (exact) mass is 106 g/mol. The Hall–Kier alpha value is 0.254. The topological polar surface area (TPSA) is 20.2 Å². The molecule has 0 bridgehead atoms. The molecule has 5 heavy (non-hydrogen) atoms. The molecule has 0 spiro atoms. The molecule has 0 aliphatic carbocycles. The second kappa shape index (κ2) is 8.87. The number of hydrogen-bond acceptors (Lipinski definition) is 1. The van der Waals surface area contributed by atoms with E-state index in [1.165, 1.54) is 0 Å². The van der Waals surface area contributed by atoms with Crippen molar-refractivity contribution in [2.75, 3.05) is 0 Å². The van der Waals surface area contributed by atoms with Crippen LogP contribution in [0.2, 0.25) is 0 Å². The average molecular weight is 106 g/mol. The summed E-state index contributed by atoms with van der Waals surface area (Å²) in [5.74, 6) is 0. The zero-order chi connectivity index (χ0) is 3.41. The first-order valence-corrected chi connectivity index (χ1v) is 1.17. The number of hydrogen-bond donors (Lipinski definition) is 1. The van der Waals surface area contributed by atoms with Gasteiger partial charge in [-0.05, 0) is 6.92 Å². The Bertz CT molecular complexity index is 22.1. The SMILES string of the molecule is CC=CO.[Ti]. The van der Waals surface area contributed by atoms with Gasteiger partial charge in [0.05, 0.1) is 6.26 Å². The van der Waals surface area contributed by atoms with E-state index < -0.39 is 0 Å². The first-order chi connectivity index (χ1) is 1.91. The number of allylic oxidation sites excluding steroid dienone is 1. The molecule has 1 N–H and O–H groups in total. The standard InChI is InChI=1S/C3H6O.Ti/c1-2-3-4;/h2-4H,1H3;. The molecule has 0 rings (SSSR count). The van der Waals surface area contributed by atoms with Crippen molar-refractivity contribution in [3.05, 3.63) is 12.3 Å². The first kappa shape index (κ1) is 8.98. The maximum atomic E-state index is 7.69. The van der Waals surface area contributed by atoms with Gasteiger partial charge in [0.15, 0.2) is 0 Å². The van der Waals surface area contributed by atoms with Crippen molar-refractivity contribution in [3.63, 3.8) is 0 Å². The largest absolute Gasteiger partial charge is 0.516 e. The molecule has 0 aromatic carbocycles. The van der Waals surface area contributed by atoms with Crippen LogP contribution in [-0.2, 0) is 21.7 Å². The summed E-state index contributed by atoms with van der Waals surface area (Å²) in [6.45, 7) is 1.75. The summed E-state index contributed by atoms with van der Waals surface area (Å²) in [6, 6.07) is 0. The maximum absolute atomic E-state index is 7.69. The van der Waals surface area contributed by atoms with Gasteiger partial charge in [0.2, 0.25) is 0 Å². The molecular weight excluding hydrogens is 99.9 g/mol. The van der Waals surface area contributed by atoms with Crippen LogP contribution in [0.25, 0.3) is 0 Å². The molecular formula is C3H6OTi. The quantitative estimate of drug-likeness (QED) is 0.361. The van der Waals surface area contributed by atoms with Gasteiger partial charge in [-0.2, -0.15) is 0 Å². The minimum absolute atomic E-state index is 0. The van der Waals surface area contributed by atoms with Gasteiger partial charge in [-0.3, -0.25) is 0 Å². The fourth-order valence-corrected chi connectivity index (χ4v) is 0. The Morgan fingerprint density at radius 1 is 1.60 bits per heavy atom. The van der Waals surface area contributed by atoms with Crippen molar-refractivity contribution in [2.45, 2.75) is 6.92 Å². The van der Waals surface area contributed by atoms with Gasteiger partial charge in [0.1, 0.15) is 0 Å². The van der Waals surface area contributed by atoms with Crippen molar-refractivity contribution in [1.82, 2.24) is 0 Å². The molecule has 28 valence electrons. The van der Waals surface area contributed by atoms with Crippen molar-refractivity contribution in [3.8, 4) is 0 Å².